The van der Waals surface area contributed by atoms with Crippen molar-refractivity contribution >= 4 is 0 Å². The van der Waals surface area contributed by atoms with Crippen LogP contribution in [0.5, 0.6) is 0 Å². The van der Waals surface area contributed by atoms with Crippen molar-refractivity contribution in [3.05, 3.63) is 0 Å². The Morgan fingerprint density at radius 3 is 1.80 bits per heavy atom. The molecule has 0 aliphatic heterocycles. The van der Waals surface area contributed by atoms with Crippen LogP contribution in [0.4, 0.5) is 0 Å². The number of hydrogen-bond acceptors (Lipinski definition) is 3. The van der Waals surface area contributed by atoms with Gasteiger partial charge in [-0.05, 0) is 20.0 Å². The third-order valence-corrected chi connectivity index (χ3v) is 1.37. The Hall–Kier alpha value is -0.120. The van der Waals surface area contributed by atoms with Crippen molar-refractivity contribution in [2.24, 2.45) is 5.73 Å². The van der Waals surface area contributed by atoms with E-state index in [1.165, 1.54) is 0 Å². The van der Waals surface area contributed by atoms with Crippen LogP contribution >= 0.6 is 0 Å². The minimum absolute atomic E-state index is 0.167. The summed E-state index contributed by atoms with van der Waals surface area (Å²) in [5, 5.41) is 6.49. The lowest BCUT2D eigenvalue weighted by atomic mass is 10.3. The molecule has 0 aromatic rings. The van der Waals surface area contributed by atoms with Crippen molar-refractivity contribution in [3.63, 3.8) is 0 Å². The van der Waals surface area contributed by atoms with Crippen molar-refractivity contribution in [1.82, 2.24) is 10.6 Å². The molecule has 62 valence electrons. The molecule has 1 atom stereocenters. The van der Waals surface area contributed by atoms with Crippen LogP contribution in [0.15, 0.2) is 0 Å². The van der Waals surface area contributed by atoms with Crippen LogP contribution < -0.4 is 16.4 Å². The molecule has 4 N–H and O–H groups in total. The number of rotatable bonds is 5. The Morgan fingerprint density at radius 1 is 1.20 bits per heavy atom. The first-order valence-corrected chi connectivity index (χ1v) is 3.94. The molecule has 0 saturated heterocycles. The van der Waals surface area contributed by atoms with Crippen molar-refractivity contribution in [3.8, 4) is 0 Å². The zero-order valence-electron chi connectivity index (χ0n) is 7.15. The van der Waals surface area contributed by atoms with E-state index in [0.717, 1.165) is 13.1 Å². The summed E-state index contributed by atoms with van der Waals surface area (Å²) in [5.74, 6) is 0. The Balaban J connectivity index is 3.50. The fraction of sp³-hybridized carbons (Fsp3) is 1.00. The van der Waals surface area contributed by atoms with Crippen LogP contribution in [0.1, 0.15) is 20.8 Å². The molecule has 0 spiro atoms. The summed E-state index contributed by atoms with van der Waals surface area (Å²) < 4.78 is 0. The van der Waals surface area contributed by atoms with Gasteiger partial charge in [-0.1, -0.05) is 13.8 Å². The molecule has 3 heteroatoms. The van der Waals surface area contributed by atoms with E-state index in [1.54, 1.807) is 0 Å². The van der Waals surface area contributed by atoms with Crippen molar-refractivity contribution in [1.29, 1.82) is 0 Å². The zero-order chi connectivity index (χ0) is 7.98. The van der Waals surface area contributed by atoms with Gasteiger partial charge in [0.2, 0.25) is 0 Å². The maximum atomic E-state index is 5.68. The van der Waals surface area contributed by atoms with E-state index >= 15 is 0 Å². The van der Waals surface area contributed by atoms with Gasteiger partial charge >= 0.3 is 0 Å². The number of likely N-dealkylation sites (N-methyl/N-ethyl adjacent to an activating group) is 2. The van der Waals surface area contributed by atoms with E-state index in [4.69, 9.17) is 5.73 Å². The van der Waals surface area contributed by atoms with E-state index in [1.807, 2.05) is 6.92 Å². The topological polar surface area (TPSA) is 50.1 Å². The lowest BCUT2D eigenvalue weighted by Gasteiger charge is -2.21. The van der Waals surface area contributed by atoms with Gasteiger partial charge in [0.25, 0.3) is 0 Å². The van der Waals surface area contributed by atoms with Gasteiger partial charge in [0.1, 0.15) is 0 Å². The lowest BCUT2D eigenvalue weighted by molar-refractivity contribution is 0.390. The van der Waals surface area contributed by atoms with Gasteiger partial charge in [-0.15, -0.1) is 0 Å². The van der Waals surface area contributed by atoms with E-state index in [-0.39, 0.29) is 12.2 Å². The van der Waals surface area contributed by atoms with E-state index in [2.05, 4.69) is 24.5 Å². The van der Waals surface area contributed by atoms with Crippen LogP contribution in [0, 0.1) is 0 Å². The molecule has 0 amide bonds. The Bertz CT molecular complexity index is 67.3. The highest BCUT2D eigenvalue weighted by atomic mass is 15.1. The first-order chi connectivity index (χ1) is 4.72. The summed E-state index contributed by atoms with van der Waals surface area (Å²) in [5.41, 5.74) is 5.68. The normalized spacial score (nSPS) is 14.1. The molecule has 0 radical (unpaired) electrons. The van der Waals surface area contributed by atoms with Crippen LogP contribution in [0.25, 0.3) is 0 Å². The molecule has 0 aliphatic carbocycles. The SMILES string of the molecule is CCNC(NCC)C(C)N. The maximum Gasteiger partial charge on any atom is 0.0724 e. The standard InChI is InChI=1S/C7H19N3/c1-4-9-7(6(3)8)10-5-2/h6-7,9-10H,4-5,8H2,1-3H3. The van der Waals surface area contributed by atoms with E-state index in [0.29, 0.717) is 0 Å². The van der Waals surface area contributed by atoms with Crippen LogP contribution in [0.3, 0.4) is 0 Å². The highest BCUT2D eigenvalue weighted by Crippen LogP contribution is 1.82. The summed E-state index contributed by atoms with van der Waals surface area (Å²) in [6.07, 6.45) is 0.259. The molecule has 1 unspecified atom stereocenters. The molecule has 0 heterocycles. The molecule has 0 saturated carbocycles. The maximum absolute atomic E-state index is 5.68. The third kappa shape index (κ3) is 3.82. The average molecular weight is 145 g/mol. The van der Waals surface area contributed by atoms with Gasteiger partial charge in [-0.25, -0.2) is 0 Å². The first-order valence-electron chi connectivity index (χ1n) is 3.94. The van der Waals surface area contributed by atoms with Crippen molar-refractivity contribution in [2.45, 2.75) is 33.0 Å². The molecule has 10 heavy (non-hydrogen) atoms. The Morgan fingerprint density at radius 2 is 1.60 bits per heavy atom. The molecule has 0 aromatic heterocycles. The van der Waals surface area contributed by atoms with Gasteiger partial charge in [0.15, 0.2) is 0 Å². The molecule has 0 bridgehead atoms. The predicted octanol–water partition coefficient (Wildman–Crippen LogP) is -0.121. The molecule has 0 aromatic carbocycles. The highest BCUT2D eigenvalue weighted by Gasteiger charge is 2.08. The molecule has 0 aliphatic rings. The first kappa shape index (κ1) is 9.88. The Labute approximate surface area is 63.4 Å². The Kier molecular flexibility index (Phi) is 5.58. The summed E-state index contributed by atoms with van der Waals surface area (Å²) in [6.45, 7) is 8.06. The quantitative estimate of drug-likeness (QED) is 0.473. The fourth-order valence-electron chi connectivity index (χ4n) is 0.884. The van der Waals surface area contributed by atoms with Crippen LogP contribution in [-0.2, 0) is 0 Å². The zero-order valence-corrected chi connectivity index (χ0v) is 7.15. The lowest BCUT2D eigenvalue weighted by Crippen LogP contribution is -2.52. The van der Waals surface area contributed by atoms with Crippen LogP contribution in [0.2, 0.25) is 0 Å². The monoisotopic (exact) mass is 145 g/mol. The predicted molar refractivity (Wildman–Crippen MR) is 44.8 cm³/mol. The molecule has 0 rings (SSSR count). The highest BCUT2D eigenvalue weighted by molar-refractivity contribution is 4.71. The molecule has 0 fully saturated rings. The second-order valence-electron chi connectivity index (χ2n) is 2.45. The molecule has 3 nitrogen and oxygen atoms in total. The van der Waals surface area contributed by atoms with Crippen molar-refractivity contribution in [2.75, 3.05) is 13.1 Å². The number of nitrogens with one attached hydrogen (secondary N) is 2. The summed E-state index contributed by atoms with van der Waals surface area (Å²) in [7, 11) is 0. The van der Waals surface area contributed by atoms with Gasteiger partial charge in [0.05, 0.1) is 6.17 Å². The second-order valence-corrected chi connectivity index (χ2v) is 2.45. The van der Waals surface area contributed by atoms with Crippen LogP contribution in [-0.4, -0.2) is 25.3 Å². The van der Waals surface area contributed by atoms with Gasteiger partial charge in [-0.3, -0.25) is 0 Å². The average Bonchev–Trinajstić information content (AvgIpc) is 1.87. The van der Waals surface area contributed by atoms with Gasteiger partial charge in [0, 0.05) is 6.04 Å². The smallest absolute Gasteiger partial charge is 0.0724 e. The molecular formula is C7H19N3. The van der Waals surface area contributed by atoms with Gasteiger partial charge in [-0.2, -0.15) is 0 Å². The summed E-state index contributed by atoms with van der Waals surface area (Å²) in [4.78, 5) is 0. The minimum Gasteiger partial charge on any atom is -0.325 e. The van der Waals surface area contributed by atoms with E-state index < -0.39 is 0 Å². The number of hydrogen-bond donors (Lipinski definition) is 3. The summed E-state index contributed by atoms with van der Waals surface area (Å²) >= 11 is 0. The fourth-order valence-corrected chi connectivity index (χ4v) is 0.884. The second kappa shape index (κ2) is 5.65. The number of nitrogens with two attached hydrogens (primary N) is 1. The largest absolute Gasteiger partial charge is 0.325 e. The third-order valence-electron chi connectivity index (χ3n) is 1.37. The molecular weight excluding hydrogens is 126 g/mol. The van der Waals surface area contributed by atoms with Gasteiger partial charge < -0.3 is 16.4 Å². The van der Waals surface area contributed by atoms with E-state index in [9.17, 15) is 0 Å². The van der Waals surface area contributed by atoms with Crippen molar-refractivity contribution < 1.29 is 0 Å². The summed E-state index contributed by atoms with van der Waals surface area (Å²) in [6, 6.07) is 0.167. The minimum atomic E-state index is 0.167.